The van der Waals surface area contributed by atoms with Crippen molar-refractivity contribution in [1.82, 2.24) is 0 Å². The molecule has 1 aromatic rings. The van der Waals surface area contributed by atoms with Gasteiger partial charge in [0.1, 0.15) is 11.8 Å². The average molecular weight is 173 g/mol. The molecule has 0 bridgehead atoms. The van der Waals surface area contributed by atoms with Crippen LogP contribution in [0.4, 0.5) is 0 Å². The molecule has 0 unspecified atom stereocenters. The van der Waals surface area contributed by atoms with Gasteiger partial charge in [-0.05, 0) is 24.6 Å². The highest BCUT2D eigenvalue weighted by atomic mass is 16.5. The molecule has 0 N–H and O–H groups in total. The second-order valence-electron chi connectivity index (χ2n) is 2.50. The standard InChI is InChI=1S/C11H11NO/c1-2-6-11(9-12)13-10-7-4-3-5-8-10/h3-8H,2H2,1H3/b11-6-. The van der Waals surface area contributed by atoms with E-state index in [0.717, 1.165) is 6.42 Å². The quantitative estimate of drug-likeness (QED) is 0.520. The Balaban J connectivity index is 2.69. The Morgan fingerprint density at radius 2 is 2.15 bits per heavy atom. The summed E-state index contributed by atoms with van der Waals surface area (Å²) in [6, 6.07) is 11.3. The maximum absolute atomic E-state index is 8.68. The molecule has 0 amide bonds. The van der Waals surface area contributed by atoms with E-state index in [-0.39, 0.29) is 0 Å². The molecule has 0 aliphatic rings. The highest BCUT2D eigenvalue weighted by molar-refractivity contribution is 5.27. The fourth-order valence-corrected chi connectivity index (χ4v) is 0.911. The number of nitrogens with zero attached hydrogens (tertiary/aromatic N) is 1. The minimum absolute atomic E-state index is 0.355. The Kier molecular flexibility index (Phi) is 3.59. The Bertz CT molecular complexity index is 322. The minimum Gasteiger partial charge on any atom is -0.447 e. The van der Waals surface area contributed by atoms with Crippen LogP contribution in [-0.2, 0) is 0 Å². The van der Waals surface area contributed by atoms with Crippen LogP contribution in [0.25, 0.3) is 0 Å². The molecule has 0 aliphatic heterocycles. The molecule has 2 heteroatoms. The predicted octanol–water partition coefficient (Wildman–Crippen LogP) is 2.88. The Morgan fingerprint density at radius 3 is 2.69 bits per heavy atom. The number of hydrogen-bond acceptors (Lipinski definition) is 2. The zero-order chi connectivity index (χ0) is 9.52. The lowest BCUT2D eigenvalue weighted by Gasteiger charge is -2.01. The Labute approximate surface area is 78.1 Å². The molecule has 2 nitrogen and oxygen atoms in total. The van der Waals surface area contributed by atoms with Crippen LogP contribution in [0.1, 0.15) is 13.3 Å². The molecule has 66 valence electrons. The summed E-state index contributed by atoms with van der Waals surface area (Å²) in [7, 11) is 0. The first-order valence-corrected chi connectivity index (χ1v) is 4.20. The topological polar surface area (TPSA) is 33.0 Å². The number of para-hydroxylation sites is 1. The first-order chi connectivity index (χ1) is 6.36. The zero-order valence-electron chi connectivity index (χ0n) is 7.53. The van der Waals surface area contributed by atoms with Gasteiger partial charge in [0.15, 0.2) is 5.76 Å². The molecule has 13 heavy (non-hydrogen) atoms. The van der Waals surface area contributed by atoms with E-state index >= 15 is 0 Å². The normalized spacial score (nSPS) is 10.6. The van der Waals surface area contributed by atoms with Gasteiger partial charge < -0.3 is 4.74 Å². The fourth-order valence-electron chi connectivity index (χ4n) is 0.911. The van der Waals surface area contributed by atoms with Crippen molar-refractivity contribution in [2.24, 2.45) is 0 Å². The van der Waals surface area contributed by atoms with E-state index in [1.807, 2.05) is 43.3 Å². The number of rotatable bonds is 3. The third-order valence-corrected chi connectivity index (χ3v) is 1.47. The summed E-state index contributed by atoms with van der Waals surface area (Å²) in [4.78, 5) is 0. The first-order valence-electron chi connectivity index (χ1n) is 4.20. The summed E-state index contributed by atoms with van der Waals surface area (Å²) >= 11 is 0. The monoisotopic (exact) mass is 173 g/mol. The summed E-state index contributed by atoms with van der Waals surface area (Å²) in [5, 5.41) is 8.68. The van der Waals surface area contributed by atoms with Crippen LogP contribution in [0.3, 0.4) is 0 Å². The lowest BCUT2D eigenvalue weighted by Crippen LogP contribution is -1.91. The maximum Gasteiger partial charge on any atom is 0.200 e. The molecule has 0 saturated heterocycles. The third kappa shape index (κ3) is 3.00. The molecule has 0 heterocycles. The minimum atomic E-state index is 0.355. The molecule has 0 saturated carbocycles. The number of benzene rings is 1. The van der Waals surface area contributed by atoms with E-state index in [2.05, 4.69) is 0 Å². The Hall–Kier alpha value is -1.75. The van der Waals surface area contributed by atoms with Gasteiger partial charge in [-0.25, -0.2) is 0 Å². The van der Waals surface area contributed by atoms with Crippen molar-refractivity contribution in [3.63, 3.8) is 0 Å². The number of nitriles is 1. The summed E-state index contributed by atoms with van der Waals surface area (Å²) in [6.07, 6.45) is 2.56. The van der Waals surface area contributed by atoms with Crippen LogP contribution < -0.4 is 4.74 Å². The predicted molar refractivity (Wildman–Crippen MR) is 51.1 cm³/mol. The second-order valence-corrected chi connectivity index (χ2v) is 2.50. The second kappa shape index (κ2) is 5.00. The summed E-state index contributed by atoms with van der Waals surface area (Å²) in [6.45, 7) is 1.96. The largest absolute Gasteiger partial charge is 0.447 e. The lowest BCUT2D eigenvalue weighted by molar-refractivity contribution is 0.446. The van der Waals surface area contributed by atoms with E-state index in [4.69, 9.17) is 10.00 Å². The van der Waals surface area contributed by atoms with Crippen molar-refractivity contribution < 1.29 is 4.74 Å². The third-order valence-electron chi connectivity index (χ3n) is 1.47. The molecule has 1 rings (SSSR count). The van der Waals surface area contributed by atoms with Crippen LogP contribution in [0.5, 0.6) is 5.75 Å². The van der Waals surface area contributed by atoms with Crippen LogP contribution in [-0.4, -0.2) is 0 Å². The van der Waals surface area contributed by atoms with E-state index in [0.29, 0.717) is 11.5 Å². The van der Waals surface area contributed by atoms with Crippen molar-refractivity contribution in [2.45, 2.75) is 13.3 Å². The number of ether oxygens (including phenoxy) is 1. The molecule has 0 radical (unpaired) electrons. The zero-order valence-corrected chi connectivity index (χ0v) is 7.53. The van der Waals surface area contributed by atoms with E-state index in [1.165, 1.54) is 0 Å². The van der Waals surface area contributed by atoms with Crippen molar-refractivity contribution in [1.29, 1.82) is 5.26 Å². The molecule has 1 aromatic carbocycles. The van der Waals surface area contributed by atoms with Crippen LogP contribution >= 0.6 is 0 Å². The molecule has 0 aliphatic carbocycles. The molecule has 0 atom stereocenters. The van der Waals surface area contributed by atoms with Gasteiger partial charge in [0.05, 0.1) is 0 Å². The summed E-state index contributed by atoms with van der Waals surface area (Å²) in [5.74, 6) is 1.05. The first kappa shape index (κ1) is 9.34. The smallest absolute Gasteiger partial charge is 0.200 e. The van der Waals surface area contributed by atoms with Gasteiger partial charge in [-0.15, -0.1) is 0 Å². The van der Waals surface area contributed by atoms with Crippen LogP contribution in [0.2, 0.25) is 0 Å². The van der Waals surface area contributed by atoms with Crippen molar-refractivity contribution in [3.8, 4) is 11.8 Å². The van der Waals surface area contributed by atoms with Gasteiger partial charge in [0.2, 0.25) is 0 Å². The number of allylic oxidation sites excluding steroid dienone is 2. The molecule has 0 fully saturated rings. The highest BCUT2D eigenvalue weighted by Gasteiger charge is 1.96. The van der Waals surface area contributed by atoms with E-state index in [1.54, 1.807) is 6.08 Å². The van der Waals surface area contributed by atoms with Crippen molar-refractivity contribution in [3.05, 3.63) is 42.2 Å². The fraction of sp³-hybridized carbons (Fsp3) is 0.182. The van der Waals surface area contributed by atoms with Gasteiger partial charge >= 0.3 is 0 Å². The summed E-state index contributed by atoms with van der Waals surface area (Å²) in [5.41, 5.74) is 0. The molecule has 0 spiro atoms. The lowest BCUT2D eigenvalue weighted by atomic mass is 10.3. The highest BCUT2D eigenvalue weighted by Crippen LogP contribution is 2.12. The van der Waals surface area contributed by atoms with Gasteiger partial charge in [-0.2, -0.15) is 5.26 Å². The van der Waals surface area contributed by atoms with Gasteiger partial charge in [0.25, 0.3) is 0 Å². The van der Waals surface area contributed by atoms with Crippen molar-refractivity contribution in [2.75, 3.05) is 0 Å². The van der Waals surface area contributed by atoms with Gasteiger partial charge in [-0.3, -0.25) is 0 Å². The van der Waals surface area contributed by atoms with E-state index < -0.39 is 0 Å². The van der Waals surface area contributed by atoms with Crippen LogP contribution in [0, 0.1) is 11.3 Å². The maximum atomic E-state index is 8.68. The summed E-state index contributed by atoms with van der Waals surface area (Å²) < 4.78 is 5.30. The molecular weight excluding hydrogens is 162 g/mol. The Morgan fingerprint density at radius 1 is 1.46 bits per heavy atom. The SMILES string of the molecule is CC/C=C(/C#N)Oc1ccccc1. The van der Waals surface area contributed by atoms with Gasteiger partial charge in [-0.1, -0.05) is 25.1 Å². The number of hydrogen-bond donors (Lipinski definition) is 0. The van der Waals surface area contributed by atoms with Crippen LogP contribution in [0.15, 0.2) is 42.2 Å². The van der Waals surface area contributed by atoms with E-state index in [9.17, 15) is 0 Å². The molecular formula is C11H11NO. The molecule has 0 aromatic heterocycles. The average Bonchev–Trinajstić information content (AvgIpc) is 2.19. The van der Waals surface area contributed by atoms with Crippen molar-refractivity contribution >= 4 is 0 Å². The van der Waals surface area contributed by atoms with Gasteiger partial charge in [0, 0.05) is 0 Å².